The SMILES string of the molecule is Cc1ccc(CNc2cnnc(Nc3ccccc3Cl)n2)cc1. The van der Waals surface area contributed by atoms with Crippen molar-refractivity contribution < 1.29 is 0 Å². The summed E-state index contributed by atoms with van der Waals surface area (Å²) in [5.41, 5.74) is 3.16. The molecule has 2 N–H and O–H groups in total. The number of hydrogen-bond donors (Lipinski definition) is 2. The maximum absolute atomic E-state index is 6.11. The summed E-state index contributed by atoms with van der Waals surface area (Å²) in [7, 11) is 0. The molecule has 0 amide bonds. The van der Waals surface area contributed by atoms with Crippen molar-refractivity contribution in [2.75, 3.05) is 10.6 Å². The first-order valence-corrected chi connectivity index (χ1v) is 7.59. The molecule has 2 aromatic carbocycles. The Morgan fingerprint density at radius 3 is 2.61 bits per heavy atom. The summed E-state index contributed by atoms with van der Waals surface area (Å²) in [6.07, 6.45) is 1.59. The van der Waals surface area contributed by atoms with E-state index in [9.17, 15) is 0 Å². The number of hydrogen-bond acceptors (Lipinski definition) is 5. The zero-order chi connectivity index (χ0) is 16.1. The molecule has 0 saturated heterocycles. The second-order valence-electron chi connectivity index (χ2n) is 5.11. The monoisotopic (exact) mass is 325 g/mol. The van der Waals surface area contributed by atoms with Gasteiger partial charge in [0.25, 0.3) is 0 Å². The maximum Gasteiger partial charge on any atom is 0.249 e. The van der Waals surface area contributed by atoms with Gasteiger partial charge in [-0.3, -0.25) is 0 Å². The predicted molar refractivity (Wildman–Crippen MR) is 93.1 cm³/mol. The average Bonchev–Trinajstić information content (AvgIpc) is 2.57. The standard InChI is InChI=1S/C17H16ClN5/c1-12-6-8-13(9-7-12)10-19-16-11-20-23-17(22-16)21-15-5-3-2-4-14(15)18/h2-9,11H,10H2,1H3,(H2,19,21,22,23). The maximum atomic E-state index is 6.11. The second kappa shape index (κ2) is 7.07. The lowest BCUT2D eigenvalue weighted by molar-refractivity contribution is 0.966. The minimum atomic E-state index is 0.395. The van der Waals surface area contributed by atoms with Crippen LogP contribution in [0.25, 0.3) is 0 Å². The Hall–Kier alpha value is -2.66. The molecule has 116 valence electrons. The molecule has 0 spiro atoms. The third kappa shape index (κ3) is 4.17. The van der Waals surface area contributed by atoms with Gasteiger partial charge in [-0.2, -0.15) is 10.1 Å². The molecule has 0 aliphatic carbocycles. The van der Waals surface area contributed by atoms with Crippen LogP contribution in [0.2, 0.25) is 5.02 Å². The van der Waals surface area contributed by atoms with Gasteiger partial charge in [-0.15, -0.1) is 5.10 Å². The first-order chi connectivity index (χ1) is 11.2. The normalized spacial score (nSPS) is 10.3. The molecule has 0 bridgehead atoms. The number of aromatic nitrogens is 3. The smallest absolute Gasteiger partial charge is 0.249 e. The fourth-order valence-corrected chi connectivity index (χ4v) is 2.21. The molecule has 0 radical (unpaired) electrons. The number of rotatable bonds is 5. The Morgan fingerprint density at radius 2 is 1.83 bits per heavy atom. The van der Waals surface area contributed by atoms with Crippen molar-refractivity contribution in [2.24, 2.45) is 0 Å². The van der Waals surface area contributed by atoms with Crippen LogP contribution in [0.15, 0.2) is 54.7 Å². The molecule has 5 nitrogen and oxygen atoms in total. The van der Waals surface area contributed by atoms with E-state index in [4.69, 9.17) is 11.6 Å². The highest BCUT2D eigenvalue weighted by Crippen LogP contribution is 2.23. The van der Waals surface area contributed by atoms with Crippen molar-refractivity contribution in [3.05, 3.63) is 70.9 Å². The van der Waals surface area contributed by atoms with Gasteiger partial charge in [-0.25, -0.2) is 0 Å². The van der Waals surface area contributed by atoms with E-state index in [0.29, 0.717) is 23.3 Å². The van der Waals surface area contributed by atoms with Gasteiger partial charge in [-0.05, 0) is 24.6 Å². The van der Waals surface area contributed by atoms with E-state index in [1.54, 1.807) is 12.3 Å². The molecular weight excluding hydrogens is 310 g/mol. The van der Waals surface area contributed by atoms with E-state index in [0.717, 1.165) is 5.69 Å². The molecule has 0 fully saturated rings. The van der Waals surface area contributed by atoms with Crippen molar-refractivity contribution >= 4 is 29.1 Å². The van der Waals surface area contributed by atoms with Gasteiger partial charge in [0.05, 0.1) is 16.9 Å². The molecule has 1 heterocycles. The first kappa shape index (κ1) is 15.2. The molecule has 3 aromatic rings. The molecule has 0 aliphatic heterocycles. The van der Waals surface area contributed by atoms with Crippen LogP contribution in [0.5, 0.6) is 0 Å². The Labute approximate surface area is 139 Å². The van der Waals surface area contributed by atoms with Crippen molar-refractivity contribution in [1.29, 1.82) is 0 Å². The van der Waals surface area contributed by atoms with Crippen LogP contribution >= 0.6 is 11.6 Å². The van der Waals surface area contributed by atoms with Gasteiger partial charge in [0.15, 0.2) is 5.82 Å². The number of halogens is 1. The van der Waals surface area contributed by atoms with Crippen molar-refractivity contribution in [3.8, 4) is 0 Å². The summed E-state index contributed by atoms with van der Waals surface area (Å²) in [4.78, 5) is 4.39. The fraction of sp³-hybridized carbons (Fsp3) is 0.118. The third-order valence-electron chi connectivity index (χ3n) is 3.27. The Morgan fingerprint density at radius 1 is 1.04 bits per heavy atom. The molecule has 3 rings (SSSR count). The summed E-state index contributed by atoms with van der Waals surface area (Å²) in [6.45, 7) is 2.74. The number of nitrogens with one attached hydrogen (secondary N) is 2. The number of aryl methyl sites for hydroxylation is 1. The Kier molecular flexibility index (Phi) is 4.68. The summed E-state index contributed by atoms with van der Waals surface area (Å²) in [5.74, 6) is 1.04. The minimum Gasteiger partial charge on any atom is -0.365 e. The van der Waals surface area contributed by atoms with Crippen LogP contribution < -0.4 is 10.6 Å². The summed E-state index contributed by atoms with van der Waals surface area (Å²) >= 11 is 6.11. The lowest BCUT2D eigenvalue weighted by atomic mass is 10.1. The molecule has 6 heteroatoms. The second-order valence-corrected chi connectivity index (χ2v) is 5.52. The van der Waals surface area contributed by atoms with E-state index in [1.165, 1.54) is 11.1 Å². The third-order valence-corrected chi connectivity index (χ3v) is 3.60. The number of anilines is 3. The van der Waals surface area contributed by atoms with Crippen LogP contribution in [-0.4, -0.2) is 15.2 Å². The van der Waals surface area contributed by atoms with Crippen molar-refractivity contribution in [2.45, 2.75) is 13.5 Å². The van der Waals surface area contributed by atoms with E-state index in [1.807, 2.05) is 18.2 Å². The van der Waals surface area contributed by atoms with Gasteiger partial charge in [0, 0.05) is 6.54 Å². The van der Waals surface area contributed by atoms with Gasteiger partial charge < -0.3 is 10.6 Å². The molecule has 0 atom stereocenters. The predicted octanol–water partition coefficient (Wildman–Crippen LogP) is 4.19. The van der Waals surface area contributed by atoms with Crippen LogP contribution in [0.4, 0.5) is 17.5 Å². The van der Waals surface area contributed by atoms with Gasteiger partial charge in [-0.1, -0.05) is 53.6 Å². The Bertz CT molecular complexity index is 789. The summed E-state index contributed by atoms with van der Waals surface area (Å²) in [5, 5.41) is 14.8. The van der Waals surface area contributed by atoms with E-state index >= 15 is 0 Å². The van der Waals surface area contributed by atoms with Crippen LogP contribution in [-0.2, 0) is 6.54 Å². The number of nitrogens with zero attached hydrogens (tertiary/aromatic N) is 3. The van der Waals surface area contributed by atoms with Crippen molar-refractivity contribution in [1.82, 2.24) is 15.2 Å². The summed E-state index contributed by atoms with van der Waals surface area (Å²) < 4.78 is 0. The van der Waals surface area contributed by atoms with Crippen LogP contribution in [0, 0.1) is 6.92 Å². The molecular formula is C17H16ClN5. The van der Waals surface area contributed by atoms with Gasteiger partial charge >= 0.3 is 0 Å². The summed E-state index contributed by atoms with van der Waals surface area (Å²) in [6, 6.07) is 15.8. The van der Waals surface area contributed by atoms with E-state index < -0.39 is 0 Å². The van der Waals surface area contributed by atoms with E-state index in [-0.39, 0.29) is 0 Å². The lowest BCUT2D eigenvalue weighted by Gasteiger charge is -2.08. The highest BCUT2D eigenvalue weighted by atomic mass is 35.5. The number of benzene rings is 2. The zero-order valence-electron chi connectivity index (χ0n) is 12.6. The van der Waals surface area contributed by atoms with Gasteiger partial charge in [0.1, 0.15) is 0 Å². The molecule has 1 aromatic heterocycles. The quantitative estimate of drug-likeness (QED) is 0.736. The largest absolute Gasteiger partial charge is 0.365 e. The minimum absolute atomic E-state index is 0.395. The van der Waals surface area contributed by atoms with Crippen LogP contribution in [0.3, 0.4) is 0 Å². The lowest BCUT2D eigenvalue weighted by Crippen LogP contribution is -2.05. The average molecular weight is 326 g/mol. The topological polar surface area (TPSA) is 62.7 Å². The van der Waals surface area contributed by atoms with Gasteiger partial charge in [0.2, 0.25) is 5.95 Å². The molecule has 0 unspecified atom stereocenters. The zero-order valence-corrected chi connectivity index (χ0v) is 13.4. The highest BCUT2D eigenvalue weighted by Gasteiger charge is 2.04. The molecule has 0 saturated carbocycles. The van der Waals surface area contributed by atoms with E-state index in [2.05, 4.69) is 57.0 Å². The Balaban J connectivity index is 1.67. The highest BCUT2D eigenvalue weighted by molar-refractivity contribution is 6.33. The molecule has 23 heavy (non-hydrogen) atoms. The first-order valence-electron chi connectivity index (χ1n) is 7.21. The van der Waals surface area contributed by atoms with Crippen molar-refractivity contribution in [3.63, 3.8) is 0 Å². The molecule has 0 aliphatic rings. The fourth-order valence-electron chi connectivity index (χ4n) is 2.02. The number of para-hydroxylation sites is 1. The van der Waals surface area contributed by atoms with Crippen LogP contribution in [0.1, 0.15) is 11.1 Å².